The number of rotatable bonds is 9. The van der Waals surface area contributed by atoms with E-state index in [1.54, 1.807) is 12.3 Å². The van der Waals surface area contributed by atoms with Crippen molar-refractivity contribution in [3.8, 4) is 5.75 Å². The highest BCUT2D eigenvalue weighted by Gasteiger charge is 2.14. The van der Waals surface area contributed by atoms with E-state index in [9.17, 15) is 9.59 Å². The predicted molar refractivity (Wildman–Crippen MR) is 117 cm³/mol. The molecule has 0 radical (unpaired) electrons. The van der Waals surface area contributed by atoms with Gasteiger partial charge in [-0.1, -0.05) is 12.6 Å². The molecular weight excluding hydrogens is 380 g/mol. The number of hydrogen-bond donors (Lipinski definition) is 1. The minimum Gasteiger partial charge on any atom is -0.489 e. The molecule has 6 nitrogen and oxygen atoms in total. The van der Waals surface area contributed by atoms with E-state index < -0.39 is 5.63 Å². The summed E-state index contributed by atoms with van der Waals surface area (Å²) in [6.07, 6.45) is 2.95. The quantitative estimate of drug-likeness (QED) is 0.432. The first-order valence-corrected chi connectivity index (χ1v) is 9.94. The van der Waals surface area contributed by atoms with Crippen molar-refractivity contribution in [2.24, 2.45) is 0 Å². The molecule has 1 amide bonds. The summed E-state index contributed by atoms with van der Waals surface area (Å²) in [6, 6.07) is 11.1. The van der Waals surface area contributed by atoms with Gasteiger partial charge in [0, 0.05) is 48.3 Å². The highest BCUT2D eigenvalue weighted by Crippen LogP contribution is 2.25. The van der Waals surface area contributed by atoms with Crippen molar-refractivity contribution in [1.82, 2.24) is 10.3 Å². The van der Waals surface area contributed by atoms with Crippen LogP contribution in [0.1, 0.15) is 30.2 Å². The lowest BCUT2D eigenvalue weighted by atomic mass is 10.0. The fourth-order valence-corrected chi connectivity index (χ4v) is 3.16. The molecule has 0 saturated carbocycles. The molecule has 3 rings (SSSR count). The second-order valence-corrected chi connectivity index (χ2v) is 7.32. The Morgan fingerprint density at radius 2 is 2.07 bits per heavy atom. The van der Waals surface area contributed by atoms with Gasteiger partial charge in [-0.3, -0.25) is 9.78 Å². The van der Waals surface area contributed by atoms with Gasteiger partial charge in [-0.25, -0.2) is 4.79 Å². The van der Waals surface area contributed by atoms with E-state index >= 15 is 0 Å². The number of nitrogens with zero attached hydrogens (tertiary/aromatic N) is 1. The molecule has 0 aliphatic rings. The minimum atomic E-state index is -0.418. The summed E-state index contributed by atoms with van der Waals surface area (Å²) in [5, 5.41) is 3.71. The van der Waals surface area contributed by atoms with Crippen LogP contribution in [0.2, 0.25) is 0 Å². The number of carbonyl (C=O) groups excluding carboxylic acids is 1. The van der Waals surface area contributed by atoms with Crippen molar-refractivity contribution < 1.29 is 13.9 Å². The lowest BCUT2D eigenvalue weighted by molar-refractivity contribution is -0.121. The Kier molecular flexibility index (Phi) is 7.01. The number of aryl methyl sites for hydroxylation is 1. The molecule has 3 aromatic rings. The standard InChI is InChI=1S/C24H26N2O4/c1-16(2)15-29-19-7-8-20-17(3)21(24(28)30-22(20)14-19)9-10-23(27)26-13-11-18-6-4-5-12-25-18/h4-8,12,14H,1,9-11,13,15H2,2-3H3,(H,26,27). The average Bonchev–Trinajstić information content (AvgIpc) is 2.72. The van der Waals surface area contributed by atoms with E-state index in [1.165, 1.54) is 0 Å². The van der Waals surface area contributed by atoms with Crippen molar-refractivity contribution in [2.45, 2.75) is 33.1 Å². The number of hydrogen-bond acceptors (Lipinski definition) is 5. The summed E-state index contributed by atoms with van der Waals surface area (Å²) in [6.45, 7) is 8.48. The van der Waals surface area contributed by atoms with E-state index in [0.717, 1.165) is 22.2 Å². The second kappa shape index (κ2) is 9.87. The van der Waals surface area contributed by atoms with Crippen molar-refractivity contribution >= 4 is 16.9 Å². The largest absolute Gasteiger partial charge is 0.489 e. The van der Waals surface area contributed by atoms with Gasteiger partial charge in [0.05, 0.1) is 0 Å². The summed E-state index contributed by atoms with van der Waals surface area (Å²) in [5.74, 6) is 0.515. The molecule has 0 unspecified atom stereocenters. The Morgan fingerprint density at radius 1 is 1.23 bits per heavy atom. The molecule has 1 N–H and O–H groups in total. The molecule has 0 atom stereocenters. The predicted octanol–water partition coefficient (Wildman–Crippen LogP) is 3.74. The number of aromatic nitrogens is 1. The normalized spacial score (nSPS) is 10.7. The van der Waals surface area contributed by atoms with Crippen LogP contribution in [0.15, 0.2) is 64.0 Å². The second-order valence-electron chi connectivity index (χ2n) is 7.32. The third-order valence-electron chi connectivity index (χ3n) is 4.78. The summed E-state index contributed by atoms with van der Waals surface area (Å²) in [7, 11) is 0. The summed E-state index contributed by atoms with van der Waals surface area (Å²) >= 11 is 0. The molecule has 0 fully saturated rings. The maximum absolute atomic E-state index is 12.5. The van der Waals surface area contributed by atoms with Gasteiger partial charge in [-0.05, 0) is 55.7 Å². The van der Waals surface area contributed by atoms with E-state index in [2.05, 4.69) is 16.9 Å². The van der Waals surface area contributed by atoms with Crippen LogP contribution in [0.25, 0.3) is 11.0 Å². The van der Waals surface area contributed by atoms with Crippen LogP contribution in [-0.2, 0) is 17.6 Å². The highest BCUT2D eigenvalue weighted by atomic mass is 16.5. The minimum absolute atomic E-state index is 0.103. The van der Waals surface area contributed by atoms with E-state index in [4.69, 9.17) is 9.15 Å². The van der Waals surface area contributed by atoms with Crippen LogP contribution in [0.4, 0.5) is 0 Å². The van der Waals surface area contributed by atoms with Crippen molar-refractivity contribution in [3.63, 3.8) is 0 Å². The van der Waals surface area contributed by atoms with Crippen LogP contribution < -0.4 is 15.7 Å². The third-order valence-corrected chi connectivity index (χ3v) is 4.78. The van der Waals surface area contributed by atoms with Crippen LogP contribution in [0.5, 0.6) is 5.75 Å². The maximum atomic E-state index is 12.5. The number of nitrogens with one attached hydrogen (secondary N) is 1. The van der Waals surface area contributed by atoms with Crippen molar-refractivity contribution in [1.29, 1.82) is 0 Å². The molecule has 0 saturated heterocycles. The van der Waals surface area contributed by atoms with E-state index in [-0.39, 0.29) is 12.3 Å². The van der Waals surface area contributed by atoms with Gasteiger partial charge in [-0.15, -0.1) is 0 Å². The van der Waals surface area contributed by atoms with Gasteiger partial charge in [0.15, 0.2) is 0 Å². The average molecular weight is 406 g/mol. The third kappa shape index (κ3) is 5.56. The molecular formula is C24H26N2O4. The SMILES string of the molecule is C=C(C)COc1ccc2c(C)c(CCC(=O)NCCc3ccccn3)c(=O)oc2c1. The van der Waals surface area contributed by atoms with Crippen LogP contribution in [0, 0.1) is 6.92 Å². The molecule has 2 heterocycles. The van der Waals surface area contributed by atoms with Crippen LogP contribution in [0.3, 0.4) is 0 Å². The number of ether oxygens (including phenoxy) is 1. The molecule has 0 aliphatic heterocycles. The molecule has 1 aromatic carbocycles. The Labute approximate surface area is 175 Å². The van der Waals surface area contributed by atoms with Gasteiger partial charge in [0.2, 0.25) is 5.91 Å². The zero-order chi connectivity index (χ0) is 21.5. The lowest BCUT2D eigenvalue weighted by Gasteiger charge is -2.10. The fourth-order valence-electron chi connectivity index (χ4n) is 3.16. The Morgan fingerprint density at radius 3 is 2.80 bits per heavy atom. The fraction of sp³-hybridized carbons (Fsp3) is 0.292. The molecule has 6 heteroatoms. The number of amides is 1. The van der Waals surface area contributed by atoms with Gasteiger partial charge in [-0.2, -0.15) is 0 Å². The van der Waals surface area contributed by atoms with E-state index in [0.29, 0.717) is 42.9 Å². The highest BCUT2D eigenvalue weighted by molar-refractivity contribution is 5.82. The van der Waals surface area contributed by atoms with Gasteiger partial charge in [0.25, 0.3) is 0 Å². The zero-order valence-corrected chi connectivity index (χ0v) is 17.4. The maximum Gasteiger partial charge on any atom is 0.339 e. The smallest absolute Gasteiger partial charge is 0.339 e. The van der Waals surface area contributed by atoms with Crippen LogP contribution in [-0.4, -0.2) is 24.0 Å². The number of carbonyl (C=O) groups is 1. The molecule has 0 bridgehead atoms. The molecule has 0 spiro atoms. The van der Waals surface area contributed by atoms with E-state index in [1.807, 2.05) is 44.2 Å². The number of pyridine rings is 1. The zero-order valence-electron chi connectivity index (χ0n) is 17.4. The first-order valence-electron chi connectivity index (χ1n) is 9.94. The summed E-state index contributed by atoms with van der Waals surface area (Å²) in [5.41, 5.74) is 3.24. The van der Waals surface area contributed by atoms with Crippen molar-refractivity contribution in [2.75, 3.05) is 13.2 Å². The van der Waals surface area contributed by atoms with Gasteiger partial charge < -0.3 is 14.5 Å². The first kappa shape index (κ1) is 21.3. The molecule has 30 heavy (non-hydrogen) atoms. The Bertz CT molecular complexity index is 1100. The lowest BCUT2D eigenvalue weighted by Crippen LogP contribution is -2.26. The van der Waals surface area contributed by atoms with Crippen LogP contribution >= 0.6 is 0 Å². The first-order chi connectivity index (χ1) is 14.4. The van der Waals surface area contributed by atoms with Gasteiger partial charge in [0.1, 0.15) is 17.9 Å². The number of benzene rings is 1. The molecule has 0 aliphatic carbocycles. The molecule has 2 aromatic heterocycles. The monoisotopic (exact) mass is 406 g/mol. The molecule has 156 valence electrons. The summed E-state index contributed by atoms with van der Waals surface area (Å²) in [4.78, 5) is 28.9. The Balaban J connectivity index is 1.62. The Hall–Kier alpha value is -3.41. The number of fused-ring (bicyclic) bond motifs is 1. The van der Waals surface area contributed by atoms with Crippen molar-refractivity contribution in [3.05, 3.63) is 82.0 Å². The van der Waals surface area contributed by atoms with Gasteiger partial charge >= 0.3 is 5.63 Å². The summed E-state index contributed by atoms with van der Waals surface area (Å²) < 4.78 is 11.1. The topological polar surface area (TPSA) is 81.4 Å².